The smallest absolute Gasteiger partial charge is 0.331 e. The molecule has 3 rings (SSSR count). The van der Waals surface area contributed by atoms with Crippen LogP contribution in [-0.2, 0) is 11.3 Å². The fraction of sp³-hybridized carbons (Fsp3) is 0.462. The zero-order chi connectivity index (χ0) is 15.9. The van der Waals surface area contributed by atoms with E-state index in [1.54, 1.807) is 6.08 Å². The first kappa shape index (κ1) is 15.0. The SMILES string of the molecule is C=CCn1c(=O)n([C@H]2CO[C@@H](CO)C2)c2nc(N)nc(Cl)c21. The second-order valence-electron chi connectivity index (χ2n) is 5.12. The fourth-order valence-corrected chi connectivity index (χ4v) is 3.04. The number of nitrogens with zero attached hydrogens (tertiary/aromatic N) is 4. The Balaban J connectivity index is 2.23. The number of hydrogen-bond donors (Lipinski definition) is 2. The van der Waals surface area contributed by atoms with E-state index in [2.05, 4.69) is 16.5 Å². The van der Waals surface area contributed by atoms with Crippen molar-refractivity contribution in [2.75, 3.05) is 18.9 Å². The van der Waals surface area contributed by atoms with Gasteiger partial charge < -0.3 is 15.6 Å². The minimum atomic E-state index is -0.288. The van der Waals surface area contributed by atoms with E-state index in [9.17, 15) is 9.90 Å². The third kappa shape index (κ3) is 2.29. The summed E-state index contributed by atoms with van der Waals surface area (Å²) in [6.07, 6.45) is 1.83. The first-order valence-corrected chi connectivity index (χ1v) is 7.21. The highest BCUT2D eigenvalue weighted by molar-refractivity contribution is 6.33. The molecular weight excluding hydrogens is 310 g/mol. The third-order valence-electron chi connectivity index (χ3n) is 3.72. The summed E-state index contributed by atoms with van der Waals surface area (Å²) in [4.78, 5) is 20.8. The summed E-state index contributed by atoms with van der Waals surface area (Å²) in [7, 11) is 0. The maximum Gasteiger partial charge on any atom is 0.331 e. The Morgan fingerprint density at radius 1 is 1.55 bits per heavy atom. The Labute approximate surface area is 130 Å². The lowest BCUT2D eigenvalue weighted by molar-refractivity contribution is 0.0575. The number of ether oxygens (including phenoxy) is 1. The van der Waals surface area contributed by atoms with Gasteiger partial charge in [-0.3, -0.25) is 9.13 Å². The average molecular weight is 326 g/mol. The van der Waals surface area contributed by atoms with E-state index in [0.717, 1.165) is 0 Å². The molecule has 0 amide bonds. The van der Waals surface area contributed by atoms with Crippen molar-refractivity contribution in [2.24, 2.45) is 0 Å². The van der Waals surface area contributed by atoms with E-state index in [-0.39, 0.29) is 42.1 Å². The Bertz CT molecular complexity index is 784. The molecule has 0 unspecified atom stereocenters. The second-order valence-corrected chi connectivity index (χ2v) is 5.48. The molecule has 1 aliphatic heterocycles. The Morgan fingerprint density at radius 2 is 2.32 bits per heavy atom. The first-order valence-electron chi connectivity index (χ1n) is 6.84. The largest absolute Gasteiger partial charge is 0.394 e. The number of anilines is 1. The molecule has 0 spiro atoms. The van der Waals surface area contributed by atoms with Crippen molar-refractivity contribution in [3.63, 3.8) is 0 Å². The molecule has 0 aromatic carbocycles. The molecule has 0 bridgehead atoms. The van der Waals surface area contributed by atoms with Gasteiger partial charge in [0, 0.05) is 6.54 Å². The third-order valence-corrected chi connectivity index (χ3v) is 3.98. The van der Waals surface area contributed by atoms with E-state index in [1.807, 2.05) is 0 Å². The maximum absolute atomic E-state index is 12.7. The van der Waals surface area contributed by atoms with Crippen LogP contribution in [0.4, 0.5) is 5.95 Å². The van der Waals surface area contributed by atoms with Gasteiger partial charge in [-0.25, -0.2) is 4.79 Å². The lowest BCUT2D eigenvalue weighted by Gasteiger charge is -2.09. The molecule has 3 heterocycles. The number of imidazole rings is 1. The van der Waals surface area contributed by atoms with E-state index in [0.29, 0.717) is 24.2 Å². The predicted molar refractivity (Wildman–Crippen MR) is 81.9 cm³/mol. The highest BCUT2D eigenvalue weighted by Gasteiger charge is 2.31. The summed E-state index contributed by atoms with van der Waals surface area (Å²) in [5.41, 5.74) is 6.18. The summed E-state index contributed by atoms with van der Waals surface area (Å²) in [5.74, 6) is -0.000346. The normalized spacial score (nSPS) is 21.5. The predicted octanol–water partition coefficient (Wildman–Crippen LogP) is 0.337. The van der Waals surface area contributed by atoms with Crippen molar-refractivity contribution in [3.8, 4) is 0 Å². The van der Waals surface area contributed by atoms with Crippen molar-refractivity contribution in [3.05, 3.63) is 28.3 Å². The molecule has 1 saturated heterocycles. The van der Waals surface area contributed by atoms with Gasteiger partial charge in [0.05, 0.1) is 25.4 Å². The molecule has 0 aliphatic carbocycles. The topological polar surface area (TPSA) is 108 Å². The summed E-state index contributed by atoms with van der Waals surface area (Å²) in [6.45, 7) is 4.16. The number of nitrogens with two attached hydrogens (primary N) is 1. The van der Waals surface area contributed by atoms with Gasteiger partial charge >= 0.3 is 5.69 Å². The molecule has 22 heavy (non-hydrogen) atoms. The highest BCUT2D eigenvalue weighted by atomic mass is 35.5. The van der Waals surface area contributed by atoms with Gasteiger partial charge in [0.25, 0.3) is 0 Å². The van der Waals surface area contributed by atoms with Crippen molar-refractivity contribution >= 4 is 28.7 Å². The van der Waals surface area contributed by atoms with Gasteiger partial charge in [-0.05, 0) is 6.42 Å². The number of hydrogen-bond acceptors (Lipinski definition) is 6. The average Bonchev–Trinajstić information content (AvgIpc) is 3.03. The highest BCUT2D eigenvalue weighted by Crippen LogP contribution is 2.28. The molecule has 118 valence electrons. The maximum atomic E-state index is 12.7. The summed E-state index contributed by atoms with van der Waals surface area (Å²) in [5, 5.41) is 9.32. The standard InChI is InChI=1S/C13H16ClN5O3/c1-2-3-18-9-10(14)16-12(15)17-11(9)19(13(18)21)7-4-8(5-20)22-6-7/h2,7-8,20H,1,3-6H2,(H2,15,16,17)/t7-,8-/m1/s1. The number of aliphatic hydroxyl groups excluding tert-OH is 1. The van der Waals surface area contributed by atoms with Crippen LogP contribution in [-0.4, -0.2) is 43.5 Å². The Morgan fingerprint density at radius 3 is 2.95 bits per heavy atom. The van der Waals surface area contributed by atoms with Gasteiger partial charge in [0.15, 0.2) is 10.8 Å². The Kier molecular flexibility index (Phi) is 3.90. The van der Waals surface area contributed by atoms with Gasteiger partial charge in [-0.2, -0.15) is 9.97 Å². The minimum Gasteiger partial charge on any atom is -0.394 e. The molecule has 9 heteroatoms. The van der Waals surface area contributed by atoms with E-state index >= 15 is 0 Å². The zero-order valence-electron chi connectivity index (χ0n) is 11.8. The monoisotopic (exact) mass is 325 g/mol. The van der Waals surface area contributed by atoms with Crippen LogP contribution in [0.15, 0.2) is 17.4 Å². The van der Waals surface area contributed by atoms with E-state index in [4.69, 9.17) is 22.1 Å². The molecule has 2 atom stereocenters. The van der Waals surface area contributed by atoms with Crippen molar-refractivity contribution < 1.29 is 9.84 Å². The molecule has 2 aromatic heterocycles. The van der Waals surface area contributed by atoms with Crippen LogP contribution in [0.2, 0.25) is 5.15 Å². The number of nitrogen functional groups attached to an aromatic ring is 1. The number of halogens is 1. The van der Waals surface area contributed by atoms with Crippen LogP contribution in [0.1, 0.15) is 12.5 Å². The molecule has 3 N–H and O–H groups in total. The molecule has 2 aromatic rings. The number of allylic oxidation sites excluding steroid dienone is 1. The minimum absolute atomic E-state index is 0.000346. The summed E-state index contributed by atoms with van der Waals surface area (Å²) in [6, 6.07) is -0.233. The zero-order valence-corrected chi connectivity index (χ0v) is 12.5. The molecule has 1 fully saturated rings. The number of fused-ring (bicyclic) bond motifs is 1. The van der Waals surface area contributed by atoms with Crippen LogP contribution < -0.4 is 11.4 Å². The number of aromatic nitrogens is 4. The van der Waals surface area contributed by atoms with Crippen LogP contribution in [0.25, 0.3) is 11.2 Å². The first-order chi connectivity index (χ1) is 10.6. The van der Waals surface area contributed by atoms with Crippen molar-refractivity contribution in [1.29, 1.82) is 0 Å². The van der Waals surface area contributed by atoms with Gasteiger partial charge in [-0.1, -0.05) is 17.7 Å². The lowest BCUT2D eigenvalue weighted by atomic mass is 10.2. The number of aliphatic hydroxyl groups is 1. The van der Waals surface area contributed by atoms with Gasteiger partial charge in [-0.15, -0.1) is 6.58 Å². The second kappa shape index (κ2) is 5.71. The molecule has 0 radical (unpaired) electrons. The fourth-order valence-electron chi connectivity index (χ4n) is 2.77. The summed E-state index contributed by atoms with van der Waals surface area (Å²) >= 11 is 6.14. The van der Waals surface area contributed by atoms with Crippen LogP contribution in [0.3, 0.4) is 0 Å². The molecular formula is C13H16ClN5O3. The van der Waals surface area contributed by atoms with E-state index < -0.39 is 0 Å². The quantitative estimate of drug-likeness (QED) is 0.620. The van der Waals surface area contributed by atoms with Gasteiger partial charge in [0.1, 0.15) is 5.52 Å². The van der Waals surface area contributed by atoms with Gasteiger partial charge in [0.2, 0.25) is 5.95 Å². The van der Waals surface area contributed by atoms with E-state index in [1.165, 1.54) is 9.13 Å². The number of rotatable bonds is 4. The summed E-state index contributed by atoms with van der Waals surface area (Å²) < 4.78 is 8.42. The van der Waals surface area contributed by atoms with Crippen LogP contribution in [0, 0.1) is 0 Å². The van der Waals surface area contributed by atoms with Crippen LogP contribution >= 0.6 is 11.6 Å². The van der Waals surface area contributed by atoms with Crippen molar-refractivity contribution in [2.45, 2.75) is 25.1 Å². The van der Waals surface area contributed by atoms with Crippen molar-refractivity contribution in [1.82, 2.24) is 19.1 Å². The molecule has 0 saturated carbocycles. The van der Waals surface area contributed by atoms with Crippen LogP contribution in [0.5, 0.6) is 0 Å². The molecule has 8 nitrogen and oxygen atoms in total. The Hall–Kier alpha value is -1.90. The lowest BCUT2D eigenvalue weighted by Crippen LogP contribution is -2.28. The molecule has 1 aliphatic rings.